The van der Waals surface area contributed by atoms with E-state index in [2.05, 4.69) is 5.43 Å². The first-order chi connectivity index (χ1) is 9.02. The van der Waals surface area contributed by atoms with Crippen LogP contribution in [-0.2, 0) is 0 Å². The third-order valence-electron chi connectivity index (χ3n) is 3.77. The number of hydrogen-bond donors (Lipinski definition) is 3. The number of aliphatic hydroxyl groups excluding tert-OH is 1. The number of rotatable bonds is 2. The molecule has 0 bridgehead atoms. The monoisotopic (exact) mass is 263 g/mol. The van der Waals surface area contributed by atoms with E-state index in [1.807, 2.05) is 26.0 Å². The van der Waals surface area contributed by atoms with Gasteiger partial charge in [-0.15, -0.1) is 0 Å². The number of benzene rings is 1. The third-order valence-corrected chi connectivity index (χ3v) is 3.77. The highest BCUT2D eigenvalue weighted by Crippen LogP contribution is 2.22. The fraction of sp³-hybridized carbons (Fsp3) is 0.500. The van der Waals surface area contributed by atoms with Gasteiger partial charge in [0.2, 0.25) is 0 Å². The molecule has 2 atom stereocenters. The maximum Gasteiger partial charge on any atom is 0.256 e. The minimum absolute atomic E-state index is 0.0844. The summed E-state index contributed by atoms with van der Waals surface area (Å²) >= 11 is 0. The minimum atomic E-state index is -0.447. The molecular weight excluding hydrogens is 242 g/mol. The third kappa shape index (κ3) is 2.88. The molecule has 5 nitrogen and oxygen atoms in total. The Morgan fingerprint density at radius 3 is 2.89 bits per heavy atom. The molecule has 104 valence electrons. The van der Waals surface area contributed by atoms with Crippen molar-refractivity contribution in [1.29, 1.82) is 0 Å². The number of nitrogen functional groups attached to an aromatic ring is 1. The predicted octanol–water partition coefficient (Wildman–Crippen LogP) is 1.12. The van der Waals surface area contributed by atoms with Gasteiger partial charge in [-0.25, -0.2) is 0 Å². The minimum Gasteiger partial charge on any atom is -0.391 e. The number of aliphatic hydroxyl groups is 1. The second-order valence-corrected chi connectivity index (χ2v) is 5.28. The molecule has 1 heterocycles. The Balaban J connectivity index is 2.20. The van der Waals surface area contributed by atoms with Gasteiger partial charge in [0.25, 0.3) is 5.91 Å². The highest BCUT2D eigenvalue weighted by Gasteiger charge is 2.28. The highest BCUT2D eigenvalue weighted by atomic mass is 16.3. The van der Waals surface area contributed by atoms with E-state index < -0.39 is 6.10 Å². The smallest absolute Gasteiger partial charge is 0.256 e. The summed E-state index contributed by atoms with van der Waals surface area (Å²) in [5.41, 5.74) is 4.78. The number of amides is 1. The summed E-state index contributed by atoms with van der Waals surface area (Å²) < 4.78 is 0. The molecule has 0 aromatic heterocycles. The number of nitrogens with two attached hydrogens (primary N) is 1. The average Bonchev–Trinajstić information content (AvgIpc) is 2.41. The number of carbonyl (C=O) groups excluding carboxylic acids is 1. The lowest BCUT2D eigenvalue weighted by molar-refractivity contribution is 0.0249. The number of β-amino-alcohol motifs (C(OH)–C–C–N with tert-alkyl or cyclic N) is 1. The number of piperidine rings is 1. The molecule has 1 aromatic rings. The van der Waals surface area contributed by atoms with Crippen LogP contribution in [0.15, 0.2) is 18.2 Å². The Morgan fingerprint density at radius 2 is 2.26 bits per heavy atom. The van der Waals surface area contributed by atoms with Crippen molar-refractivity contribution in [2.24, 2.45) is 11.8 Å². The zero-order valence-corrected chi connectivity index (χ0v) is 11.4. The number of hydrogen-bond acceptors (Lipinski definition) is 4. The van der Waals surface area contributed by atoms with Crippen molar-refractivity contribution >= 4 is 11.6 Å². The van der Waals surface area contributed by atoms with Crippen LogP contribution < -0.4 is 11.3 Å². The van der Waals surface area contributed by atoms with Crippen LogP contribution >= 0.6 is 0 Å². The topological polar surface area (TPSA) is 78.6 Å². The SMILES string of the molecule is Cc1ccc(C(=O)N2CCC(C)C(O)C2)c(NN)c1. The molecule has 4 N–H and O–H groups in total. The first kappa shape index (κ1) is 13.8. The van der Waals surface area contributed by atoms with Gasteiger partial charge in [0, 0.05) is 13.1 Å². The maximum atomic E-state index is 12.5. The van der Waals surface area contributed by atoms with E-state index in [1.54, 1.807) is 11.0 Å². The summed E-state index contributed by atoms with van der Waals surface area (Å²) in [5, 5.41) is 9.88. The Kier molecular flexibility index (Phi) is 4.07. The van der Waals surface area contributed by atoms with Gasteiger partial charge in [-0.1, -0.05) is 13.0 Å². The Hall–Kier alpha value is -1.59. The van der Waals surface area contributed by atoms with Crippen LogP contribution in [0.2, 0.25) is 0 Å². The normalized spacial score (nSPS) is 23.3. The lowest BCUT2D eigenvalue weighted by atomic mass is 9.95. The molecule has 1 aromatic carbocycles. The molecule has 5 heteroatoms. The van der Waals surface area contributed by atoms with E-state index in [0.717, 1.165) is 12.0 Å². The van der Waals surface area contributed by atoms with E-state index in [4.69, 9.17) is 5.84 Å². The first-order valence-electron chi connectivity index (χ1n) is 6.57. The fourth-order valence-corrected chi connectivity index (χ4v) is 2.37. The maximum absolute atomic E-state index is 12.5. The quantitative estimate of drug-likeness (QED) is 0.552. The van der Waals surface area contributed by atoms with Gasteiger partial charge >= 0.3 is 0 Å². The molecule has 0 saturated carbocycles. The van der Waals surface area contributed by atoms with Crippen molar-refractivity contribution in [1.82, 2.24) is 4.90 Å². The van der Waals surface area contributed by atoms with E-state index in [-0.39, 0.29) is 11.8 Å². The van der Waals surface area contributed by atoms with Gasteiger partial charge in [0.1, 0.15) is 0 Å². The van der Waals surface area contributed by atoms with Crippen LogP contribution in [-0.4, -0.2) is 35.1 Å². The summed E-state index contributed by atoms with van der Waals surface area (Å²) in [6, 6.07) is 5.50. The van der Waals surface area contributed by atoms with E-state index in [0.29, 0.717) is 24.3 Å². The van der Waals surface area contributed by atoms with Gasteiger partial charge in [-0.05, 0) is 37.0 Å². The van der Waals surface area contributed by atoms with Crippen LogP contribution in [0.5, 0.6) is 0 Å². The fourth-order valence-electron chi connectivity index (χ4n) is 2.37. The molecule has 2 unspecified atom stereocenters. The summed E-state index contributed by atoms with van der Waals surface area (Å²) in [4.78, 5) is 14.2. The largest absolute Gasteiger partial charge is 0.391 e. The number of carbonyl (C=O) groups is 1. The van der Waals surface area contributed by atoms with Crippen LogP contribution in [0.25, 0.3) is 0 Å². The number of nitrogens with zero attached hydrogens (tertiary/aromatic N) is 1. The van der Waals surface area contributed by atoms with Crippen LogP contribution in [0.3, 0.4) is 0 Å². The average molecular weight is 263 g/mol. The number of likely N-dealkylation sites (tertiary alicyclic amines) is 1. The second-order valence-electron chi connectivity index (χ2n) is 5.28. The zero-order valence-electron chi connectivity index (χ0n) is 11.4. The van der Waals surface area contributed by atoms with Gasteiger partial charge < -0.3 is 15.4 Å². The van der Waals surface area contributed by atoms with Crippen molar-refractivity contribution < 1.29 is 9.90 Å². The molecule has 2 rings (SSSR count). The summed E-state index contributed by atoms with van der Waals surface area (Å²) in [6.07, 6.45) is 0.377. The van der Waals surface area contributed by atoms with Crippen molar-refractivity contribution in [3.63, 3.8) is 0 Å². The van der Waals surface area contributed by atoms with Crippen molar-refractivity contribution in [2.45, 2.75) is 26.4 Å². The van der Waals surface area contributed by atoms with E-state index in [9.17, 15) is 9.90 Å². The van der Waals surface area contributed by atoms with Gasteiger partial charge in [0.05, 0.1) is 17.4 Å². The van der Waals surface area contributed by atoms with Gasteiger partial charge in [0.15, 0.2) is 0 Å². The molecular formula is C14H21N3O2. The summed E-state index contributed by atoms with van der Waals surface area (Å²) in [5.74, 6) is 5.63. The molecule has 1 aliphatic rings. The Labute approximate surface area is 113 Å². The van der Waals surface area contributed by atoms with Crippen molar-refractivity contribution in [3.8, 4) is 0 Å². The molecule has 0 radical (unpaired) electrons. The molecule has 1 saturated heterocycles. The second kappa shape index (κ2) is 5.59. The number of aryl methyl sites for hydroxylation is 1. The van der Waals surface area contributed by atoms with Crippen LogP contribution in [0.1, 0.15) is 29.3 Å². The van der Waals surface area contributed by atoms with Gasteiger partial charge in [-0.2, -0.15) is 0 Å². The molecule has 1 fully saturated rings. The molecule has 1 amide bonds. The highest BCUT2D eigenvalue weighted by molar-refractivity contribution is 5.99. The Bertz CT molecular complexity index is 476. The van der Waals surface area contributed by atoms with Crippen LogP contribution in [0, 0.1) is 12.8 Å². The summed E-state index contributed by atoms with van der Waals surface area (Å²) in [7, 11) is 0. The van der Waals surface area contributed by atoms with Crippen molar-refractivity contribution in [3.05, 3.63) is 29.3 Å². The molecule has 0 spiro atoms. The van der Waals surface area contributed by atoms with E-state index >= 15 is 0 Å². The number of nitrogens with one attached hydrogen (secondary N) is 1. The van der Waals surface area contributed by atoms with Gasteiger partial charge in [-0.3, -0.25) is 10.6 Å². The summed E-state index contributed by atoms with van der Waals surface area (Å²) in [6.45, 7) is 5.01. The lowest BCUT2D eigenvalue weighted by Crippen LogP contribution is -2.46. The Morgan fingerprint density at radius 1 is 1.53 bits per heavy atom. The number of anilines is 1. The molecule has 0 aliphatic carbocycles. The lowest BCUT2D eigenvalue weighted by Gasteiger charge is -2.34. The molecule has 19 heavy (non-hydrogen) atoms. The predicted molar refractivity (Wildman–Crippen MR) is 74.7 cm³/mol. The number of hydrazine groups is 1. The zero-order chi connectivity index (χ0) is 14.0. The molecule has 1 aliphatic heterocycles. The first-order valence-corrected chi connectivity index (χ1v) is 6.57. The standard InChI is InChI=1S/C14H21N3O2/c1-9-3-4-11(12(7-9)16-15)14(19)17-6-5-10(2)13(18)8-17/h3-4,7,10,13,16,18H,5-6,8,15H2,1-2H3. The van der Waals surface area contributed by atoms with E-state index in [1.165, 1.54) is 0 Å². The van der Waals surface area contributed by atoms with Crippen molar-refractivity contribution in [2.75, 3.05) is 18.5 Å². The van der Waals surface area contributed by atoms with Crippen LogP contribution in [0.4, 0.5) is 5.69 Å².